The zero-order chi connectivity index (χ0) is 28.6. The topological polar surface area (TPSA) is 127 Å². The van der Waals surface area contributed by atoms with Gasteiger partial charge in [-0.15, -0.1) is 0 Å². The van der Waals surface area contributed by atoms with Gasteiger partial charge in [-0.25, -0.2) is 15.0 Å². The summed E-state index contributed by atoms with van der Waals surface area (Å²) in [7, 11) is 3.89. The zero-order valence-electron chi connectivity index (χ0n) is 22.7. The third-order valence-electron chi connectivity index (χ3n) is 6.81. The van der Waals surface area contributed by atoms with Crippen LogP contribution in [0.2, 0.25) is 0 Å². The van der Waals surface area contributed by atoms with Crippen LogP contribution in [-0.4, -0.2) is 83.7 Å². The van der Waals surface area contributed by atoms with Crippen LogP contribution >= 0.6 is 15.9 Å². The van der Waals surface area contributed by atoms with Gasteiger partial charge in [-0.05, 0) is 60.6 Å². The second kappa shape index (κ2) is 11.3. The molecule has 12 heteroatoms. The molecule has 0 aromatic carbocycles. The third-order valence-corrected chi connectivity index (χ3v) is 7.26. The van der Waals surface area contributed by atoms with Crippen LogP contribution in [0.5, 0.6) is 0 Å². The SMILES string of the molecule is CC(=O)c1nn(CC(=O)N2C[C@H](C)C[C@H]2C(=O)c2cccc(Br)n2)c2cnc(-c3cnc(CN(C)C)nc3)cc12. The third kappa shape index (κ3) is 5.68. The van der Waals surface area contributed by atoms with Crippen LogP contribution in [0.3, 0.4) is 0 Å². The standard InChI is InChI=1S/C28H29BrN8O3/c1-16-8-22(28(40)20-6-5-7-24(29)33-20)36(13-16)26(39)15-37-23-12-30-21(9-19(23)27(34-37)17(2)38)18-10-31-25(32-11-18)14-35(3)4/h5-7,9-12,16,22H,8,13-15H2,1-4H3/t16-,22+/m1/s1. The van der Waals surface area contributed by atoms with Gasteiger partial charge < -0.3 is 9.80 Å². The van der Waals surface area contributed by atoms with Crippen LogP contribution < -0.4 is 0 Å². The maximum absolute atomic E-state index is 13.6. The molecule has 1 saturated heterocycles. The number of carbonyl (C=O) groups excluding carboxylic acids is 3. The first-order chi connectivity index (χ1) is 19.1. The summed E-state index contributed by atoms with van der Waals surface area (Å²) >= 11 is 3.31. The molecule has 2 atom stereocenters. The first kappa shape index (κ1) is 27.7. The number of hydrogen-bond acceptors (Lipinski definition) is 9. The number of hydrogen-bond donors (Lipinski definition) is 0. The maximum Gasteiger partial charge on any atom is 0.244 e. The number of ketones is 2. The van der Waals surface area contributed by atoms with Crippen LogP contribution in [-0.2, 0) is 17.9 Å². The van der Waals surface area contributed by atoms with Gasteiger partial charge in [0, 0.05) is 36.8 Å². The van der Waals surface area contributed by atoms with Crippen molar-refractivity contribution >= 4 is 44.3 Å². The number of aromatic nitrogens is 6. The minimum absolute atomic E-state index is 0.129. The van der Waals surface area contributed by atoms with E-state index in [1.807, 2.05) is 25.9 Å². The normalized spacial score (nSPS) is 17.1. The monoisotopic (exact) mass is 604 g/mol. The smallest absolute Gasteiger partial charge is 0.244 e. The van der Waals surface area contributed by atoms with E-state index in [4.69, 9.17) is 0 Å². The van der Waals surface area contributed by atoms with E-state index in [1.165, 1.54) is 11.6 Å². The summed E-state index contributed by atoms with van der Waals surface area (Å²) in [5, 5.41) is 5.07. The van der Waals surface area contributed by atoms with Crippen molar-refractivity contribution < 1.29 is 14.4 Å². The Bertz CT molecular complexity index is 1600. The fraction of sp³-hybridized carbons (Fsp3) is 0.357. The summed E-state index contributed by atoms with van der Waals surface area (Å²) in [6.07, 6.45) is 5.56. The van der Waals surface area contributed by atoms with Gasteiger partial charge in [-0.3, -0.25) is 24.0 Å². The molecule has 1 aliphatic heterocycles. The molecule has 4 aromatic heterocycles. The van der Waals surface area contributed by atoms with Crippen molar-refractivity contribution in [3.63, 3.8) is 0 Å². The number of halogens is 1. The van der Waals surface area contributed by atoms with E-state index in [-0.39, 0.29) is 35.6 Å². The minimum atomic E-state index is -0.612. The predicted molar refractivity (Wildman–Crippen MR) is 151 cm³/mol. The van der Waals surface area contributed by atoms with E-state index in [0.717, 1.165) is 0 Å². The van der Waals surface area contributed by atoms with Crippen molar-refractivity contribution in [3.05, 3.63) is 64.7 Å². The summed E-state index contributed by atoms with van der Waals surface area (Å²) < 4.78 is 2.05. The Kier molecular flexibility index (Phi) is 7.81. The van der Waals surface area contributed by atoms with E-state index < -0.39 is 6.04 Å². The lowest BCUT2D eigenvalue weighted by atomic mass is 10.0. The fourth-order valence-corrected chi connectivity index (χ4v) is 5.31. The number of fused-ring (bicyclic) bond motifs is 1. The molecule has 1 fully saturated rings. The molecule has 5 rings (SSSR count). The first-order valence-electron chi connectivity index (χ1n) is 12.9. The molecule has 4 aromatic rings. The average Bonchev–Trinajstić information content (AvgIpc) is 3.48. The van der Waals surface area contributed by atoms with Gasteiger partial charge in [-0.2, -0.15) is 5.10 Å². The number of Topliss-reactive ketones (excluding diaryl/α,β-unsaturated/α-hetero) is 2. The van der Waals surface area contributed by atoms with Crippen molar-refractivity contribution in [1.82, 2.24) is 39.5 Å². The Balaban J connectivity index is 1.42. The van der Waals surface area contributed by atoms with Crippen LogP contribution in [0.1, 0.15) is 47.1 Å². The maximum atomic E-state index is 13.6. The molecule has 1 amide bonds. The highest BCUT2D eigenvalue weighted by Crippen LogP contribution is 2.28. The van der Waals surface area contributed by atoms with E-state index >= 15 is 0 Å². The van der Waals surface area contributed by atoms with E-state index in [0.29, 0.717) is 57.8 Å². The summed E-state index contributed by atoms with van der Waals surface area (Å²) in [6, 6.07) is 6.31. The summed E-state index contributed by atoms with van der Waals surface area (Å²) in [6.45, 7) is 4.39. The van der Waals surface area contributed by atoms with Crippen molar-refractivity contribution in [3.8, 4) is 11.3 Å². The number of amides is 1. The Morgan fingerprint density at radius 1 is 1.10 bits per heavy atom. The molecule has 0 unspecified atom stereocenters. The molecular weight excluding hydrogens is 576 g/mol. The predicted octanol–water partition coefficient (Wildman–Crippen LogP) is 3.43. The number of likely N-dealkylation sites (tertiary alicyclic amines) is 1. The number of rotatable bonds is 8. The van der Waals surface area contributed by atoms with Gasteiger partial charge in [-0.1, -0.05) is 13.0 Å². The summed E-state index contributed by atoms with van der Waals surface area (Å²) in [4.78, 5) is 60.6. The molecular formula is C28H29BrN8O3. The van der Waals surface area contributed by atoms with Crippen LogP contribution in [0.25, 0.3) is 22.2 Å². The van der Waals surface area contributed by atoms with Gasteiger partial charge in [0.25, 0.3) is 0 Å². The van der Waals surface area contributed by atoms with Crippen LogP contribution in [0.4, 0.5) is 0 Å². The Labute approximate surface area is 239 Å². The molecule has 0 bridgehead atoms. The molecule has 11 nitrogen and oxygen atoms in total. The number of carbonyl (C=O) groups is 3. The highest BCUT2D eigenvalue weighted by atomic mass is 79.9. The second-order valence-electron chi connectivity index (χ2n) is 10.4. The molecule has 40 heavy (non-hydrogen) atoms. The summed E-state index contributed by atoms with van der Waals surface area (Å²) in [5.74, 6) is 0.163. The highest BCUT2D eigenvalue weighted by Gasteiger charge is 2.39. The number of pyridine rings is 2. The van der Waals surface area contributed by atoms with Crippen molar-refractivity contribution in [2.75, 3.05) is 20.6 Å². The first-order valence-corrected chi connectivity index (χ1v) is 13.7. The van der Waals surface area contributed by atoms with Gasteiger partial charge >= 0.3 is 0 Å². The molecule has 5 heterocycles. The zero-order valence-corrected chi connectivity index (χ0v) is 24.3. The summed E-state index contributed by atoms with van der Waals surface area (Å²) in [5.41, 5.74) is 2.41. The van der Waals surface area contributed by atoms with E-state index in [9.17, 15) is 14.4 Å². The second-order valence-corrected chi connectivity index (χ2v) is 11.2. The van der Waals surface area contributed by atoms with Gasteiger partial charge in [0.2, 0.25) is 11.7 Å². The minimum Gasteiger partial charge on any atom is -0.330 e. The largest absolute Gasteiger partial charge is 0.330 e. The molecule has 1 aliphatic rings. The van der Waals surface area contributed by atoms with Gasteiger partial charge in [0.15, 0.2) is 5.78 Å². The highest BCUT2D eigenvalue weighted by molar-refractivity contribution is 9.10. The van der Waals surface area contributed by atoms with Crippen molar-refractivity contribution in [1.29, 1.82) is 0 Å². The lowest BCUT2D eigenvalue weighted by Gasteiger charge is -2.23. The van der Waals surface area contributed by atoms with Crippen LogP contribution in [0, 0.1) is 5.92 Å². The average molecular weight is 605 g/mol. The van der Waals surface area contributed by atoms with E-state index in [2.05, 4.69) is 41.0 Å². The Morgan fingerprint density at radius 3 is 2.52 bits per heavy atom. The van der Waals surface area contributed by atoms with E-state index in [1.54, 1.807) is 47.8 Å². The lowest BCUT2D eigenvalue weighted by Crippen LogP contribution is -2.42. The van der Waals surface area contributed by atoms with Gasteiger partial charge in [0.05, 0.1) is 30.0 Å². The lowest BCUT2D eigenvalue weighted by molar-refractivity contribution is -0.132. The molecule has 206 valence electrons. The quantitative estimate of drug-likeness (QED) is 0.219. The van der Waals surface area contributed by atoms with Crippen molar-refractivity contribution in [2.45, 2.75) is 39.4 Å². The Morgan fingerprint density at radius 2 is 1.85 bits per heavy atom. The Hall–Kier alpha value is -3.90. The van der Waals surface area contributed by atoms with Crippen molar-refractivity contribution in [2.24, 2.45) is 5.92 Å². The molecule has 0 spiro atoms. The van der Waals surface area contributed by atoms with Crippen LogP contribution in [0.15, 0.2) is 47.5 Å². The van der Waals surface area contributed by atoms with Gasteiger partial charge in [0.1, 0.15) is 28.4 Å². The fourth-order valence-electron chi connectivity index (χ4n) is 4.97. The molecule has 0 saturated carbocycles. The molecule has 0 N–H and O–H groups in total. The molecule has 0 radical (unpaired) electrons. The number of nitrogens with zero attached hydrogens (tertiary/aromatic N) is 8. The molecule has 0 aliphatic carbocycles.